The Kier molecular flexibility index (Phi) is 131. The Morgan fingerprint density at radius 1 is 1.00 bits per heavy atom. The smallest absolute Gasteiger partial charge is 0.0512 e. The Hall–Kier alpha value is -0.0400. The molecule has 0 spiro atoms. The molecule has 0 aromatic rings. The Balaban J connectivity index is -0.0000000125. The van der Waals surface area contributed by atoms with Crippen molar-refractivity contribution in [3.8, 4) is 0 Å². The summed E-state index contributed by atoms with van der Waals surface area (Å²) < 4.78 is 0. The molecule has 0 aromatic heterocycles. The molecule has 0 radical (unpaired) electrons. The quantitative estimate of drug-likeness (QED) is 0.650. The van der Waals surface area contributed by atoms with Crippen molar-refractivity contribution in [1.82, 2.24) is 0 Å². The van der Waals surface area contributed by atoms with Crippen LogP contribution in [0.25, 0.3) is 0 Å². The zero-order valence-electron chi connectivity index (χ0n) is 4.44. The third-order valence-electron chi connectivity index (χ3n) is 0.706. The van der Waals surface area contributed by atoms with Crippen LogP contribution < -0.4 is 0 Å². The molecule has 0 aromatic carbocycles. The summed E-state index contributed by atoms with van der Waals surface area (Å²) in [6.07, 6.45) is 1.91. The second-order valence-corrected chi connectivity index (χ2v) is 1.64. The predicted molar refractivity (Wildman–Crippen MR) is 60.2 cm³/mol. The normalized spacial score (nSPS) is 7.91. The maximum absolute atomic E-state index is 8.55. The summed E-state index contributed by atoms with van der Waals surface area (Å²) in [5.74, 6) is 0. The van der Waals surface area contributed by atoms with E-state index in [2.05, 4.69) is 6.92 Å². The van der Waals surface area contributed by atoms with Gasteiger partial charge < -0.3 is 5.11 Å². The number of hydrogen-bond donors (Lipinski definition) is 1. The number of aliphatic hydroxyl groups is 1. The highest BCUT2D eigenvalue weighted by Gasteiger charge is 1.87. The first kappa shape index (κ1) is 44.2. The van der Waals surface area contributed by atoms with Crippen LogP contribution in [-0.2, 0) is 0 Å². The molecule has 0 unspecified atom stereocenters. The average Bonchev–Trinajstić information content (AvgIpc) is 1.35. The van der Waals surface area contributed by atoms with Crippen molar-refractivity contribution in [3.05, 3.63) is 0 Å². The van der Waals surface area contributed by atoms with Crippen molar-refractivity contribution in [2.24, 2.45) is 0 Å². The van der Waals surface area contributed by atoms with Crippen molar-refractivity contribution in [2.45, 2.75) is 69.9 Å². The van der Waals surface area contributed by atoms with Gasteiger partial charge in [-0.1, -0.05) is 50.5 Å². The number of hydrogen-bond acceptors (Lipinski definition) is 1. The molecule has 11 heavy (non-hydrogen) atoms. The minimum absolute atomic E-state index is 0. The number of rotatable bonds is 2. The van der Waals surface area contributed by atoms with E-state index in [1.54, 1.807) is 0 Å². The van der Waals surface area contributed by atoms with E-state index in [1.807, 2.05) is 6.92 Å². The molecule has 1 N–H and O–H groups in total. The van der Waals surface area contributed by atoms with Crippen molar-refractivity contribution in [3.63, 3.8) is 0 Å². The molecule has 0 saturated heterocycles. The molecule has 1 atom stereocenters. The van der Waals surface area contributed by atoms with Gasteiger partial charge in [-0.3, -0.25) is 0 Å². The van der Waals surface area contributed by atoms with Crippen LogP contribution in [0.3, 0.4) is 0 Å². The molecule has 0 amide bonds. The SMILES string of the molecule is C.C.C.C.C.CCC[C@@H](C)O. The summed E-state index contributed by atoms with van der Waals surface area (Å²) >= 11 is 0. The van der Waals surface area contributed by atoms with E-state index in [4.69, 9.17) is 5.11 Å². The molecule has 0 aliphatic carbocycles. The highest BCUT2D eigenvalue weighted by atomic mass is 16.3. The van der Waals surface area contributed by atoms with Crippen LogP contribution in [0.4, 0.5) is 0 Å². The van der Waals surface area contributed by atoms with Gasteiger partial charge in [0, 0.05) is 0 Å². The van der Waals surface area contributed by atoms with Gasteiger partial charge in [0.1, 0.15) is 0 Å². The first-order valence-electron chi connectivity index (χ1n) is 2.45. The topological polar surface area (TPSA) is 20.2 Å². The van der Waals surface area contributed by atoms with E-state index in [9.17, 15) is 0 Å². The summed E-state index contributed by atoms with van der Waals surface area (Å²) in [7, 11) is 0. The van der Waals surface area contributed by atoms with E-state index in [0.29, 0.717) is 0 Å². The zero-order valence-corrected chi connectivity index (χ0v) is 4.44. The highest BCUT2D eigenvalue weighted by Crippen LogP contribution is 1.91. The van der Waals surface area contributed by atoms with Gasteiger partial charge in [0.05, 0.1) is 6.10 Å². The van der Waals surface area contributed by atoms with Crippen molar-refractivity contribution >= 4 is 0 Å². The molecular weight excluding hydrogens is 136 g/mol. The second-order valence-electron chi connectivity index (χ2n) is 1.64. The molecule has 0 saturated carbocycles. The van der Waals surface area contributed by atoms with Gasteiger partial charge in [-0.25, -0.2) is 0 Å². The molecule has 0 heterocycles. The van der Waals surface area contributed by atoms with Gasteiger partial charge in [0.25, 0.3) is 0 Å². The molecule has 0 aliphatic heterocycles. The first-order chi connectivity index (χ1) is 2.77. The second kappa shape index (κ2) is 32.5. The van der Waals surface area contributed by atoms with Gasteiger partial charge in [-0.05, 0) is 13.3 Å². The van der Waals surface area contributed by atoms with Gasteiger partial charge in [-0.15, -0.1) is 0 Å². The Labute approximate surface area is 75.8 Å². The molecule has 1 nitrogen and oxygen atoms in total. The molecule has 78 valence electrons. The van der Waals surface area contributed by atoms with E-state index in [0.717, 1.165) is 12.8 Å². The summed E-state index contributed by atoms with van der Waals surface area (Å²) in [5.41, 5.74) is 0. The molecule has 0 bridgehead atoms. The lowest BCUT2D eigenvalue weighted by atomic mass is 10.2. The van der Waals surface area contributed by atoms with E-state index in [1.165, 1.54) is 0 Å². The summed E-state index contributed by atoms with van der Waals surface area (Å²) in [6, 6.07) is 0. The van der Waals surface area contributed by atoms with E-state index >= 15 is 0 Å². The molecule has 0 rings (SSSR count). The lowest BCUT2D eigenvalue weighted by Crippen LogP contribution is -1.95. The van der Waals surface area contributed by atoms with Crippen molar-refractivity contribution < 1.29 is 5.11 Å². The summed E-state index contributed by atoms with van der Waals surface area (Å²) in [4.78, 5) is 0. The van der Waals surface area contributed by atoms with Crippen molar-refractivity contribution in [1.29, 1.82) is 0 Å². The largest absolute Gasteiger partial charge is 0.393 e. The summed E-state index contributed by atoms with van der Waals surface area (Å²) in [5, 5.41) is 8.55. The Morgan fingerprint density at radius 2 is 1.27 bits per heavy atom. The number of aliphatic hydroxyl groups excluding tert-OH is 1. The van der Waals surface area contributed by atoms with Gasteiger partial charge in [0.15, 0.2) is 0 Å². The third-order valence-corrected chi connectivity index (χ3v) is 0.706. The van der Waals surface area contributed by atoms with Gasteiger partial charge in [0.2, 0.25) is 0 Å². The first-order valence-corrected chi connectivity index (χ1v) is 2.45. The minimum Gasteiger partial charge on any atom is -0.393 e. The fraction of sp³-hybridized carbons (Fsp3) is 1.00. The molecule has 0 aliphatic rings. The van der Waals surface area contributed by atoms with Crippen LogP contribution in [-0.4, -0.2) is 11.2 Å². The zero-order chi connectivity index (χ0) is 4.99. The van der Waals surface area contributed by atoms with Crippen LogP contribution in [0.15, 0.2) is 0 Å². The van der Waals surface area contributed by atoms with E-state index in [-0.39, 0.29) is 43.2 Å². The third kappa shape index (κ3) is 72.0. The Bertz CT molecular complexity index is 26.1. The van der Waals surface area contributed by atoms with Crippen LogP contribution in [0, 0.1) is 0 Å². The van der Waals surface area contributed by atoms with Crippen LogP contribution in [0.5, 0.6) is 0 Å². The molecule has 0 fully saturated rings. The predicted octanol–water partition coefficient (Wildman–Crippen LogP) is 4.35. The fourth-order valence-electron chi connectivity index (χ4n) is 0.418. The van der Waals surface area contributed by atoms with Gasteiger partial charge >= 0.3 is 0 Å². The van der Waals surface area contributed by atoms with E-state index < -0.39 is 0 Å². The van der Waals surface area contributed by atoms with Crippen molar-refractivity contribution in [2.75, 3.05) is 0 Å². The monoisotopic (exact) mass is 168 g/mol. The van der Waals surface area contributed by atoms with Gasteiger partial charge in [-0.2, -0.15) is 0 Å². The fourth-order valence-corrected chi connectivity index (χ4v) is 0.418. The maximum Gasteiger partial charge on any atom is 0.0512 e. The standard InChI is InChI=1S/C5H12O.5CH4/c1-3-4-5(2)6;;;;;/h5-6H,3-4H2,1-2H3;5*1H4/t5-;;;;;/m1...../s1. The van der Waals surface area contributed by atoms with Crippen LogP contribution >= 0.6 is 0 Å². The minimum atomic E-state index is -0.102. The maximum atomic E-state index is 8.55. The average molecular weight is 168 g/mol. The Morgan fingerprint density at radius 3 is 1.27 bits per heavy atom. The van der Waals surface area contributed by atoms with Crippen LogP contribution in [0.2, 0.25) is 0 Å². The highest BCUT2D eigenvalue weighted by molar-refractivity contribution is 4.40. The lowest BCUT2D eigenvalue weighted by molar-refractivity contribution is 0.183. The van der Waals surface area contributed by atoms with Crippen LogP contribution in [0.1, 0.15) is 63.8 Å². The lowest BCUT2D eigenvalue weighted by Gasteiger charge is -1.95. The molecule has 1 heteroatoms. The molecular formula is C10H32O. The summed E-state index contributed by atoms with van der Waals surface area (Å²) in [6.45, 7) is 3.87.